The molecule has 1 aromatic carbocycles. The highest BCUT2D eigenvalue weighted by Gasteiger charge is 2.31. The average molecular weight is 536 g/mol. The first-order chi connectivity index (χ1) is 17.6. The number of carboxylic acid groups (broad SMARTS) is 1. The van der Waals surface area contributed by atoms with Gasteiger partial charge in [-0.2, -0.15) is 11.8 Å². The van der Waals surface area contributed by atoms with Gasteiger partial charge in [-0.25, -0.2) is 4.79 Å². The minimum atomic E-state index is -1.31. The van der Waals surface area contributed by atoms with Crippen molar-refractivity contribution in [2.75, 3.05) is 18.6 Å². The Morgan fingerprint density at radius 3 is 2.27 bits per heavy atom. The third-order valence-corrected chi connectivity index (χ3v) is 6.98. The van der Waals surface area contributed by atoms with Crippen LogP contribution in [0.5, 0.6) is 0 Å². The summed E-state index contributed by atoms with van der Waals surface area (Å²) in [6, 6.07) is 2.96. The number of thioether (sulfide) groups is 1. The van der Waals surface area contributed by atoms with Gasteiger partial charge in [-0.3, -0.25) is 14.4 Å². The second-order valence-corrected chi connectivity index (χ2v) is 9.95. The zero-order chi connectivity index (χ0) is 27.5. The van der Waals surface area contributed by atoms with E-state index in [4.69, 9.17) is 5.73 Å². The maximum absolute atomic E-state index is 13.1. The highest BCUT2D eigenvalue weighted by molar-refractivity contribution is 7.98. The van der Waals surface area contributed by atoms with E-state index >= 15 is 0 Å². The molecule has 204 valence electrons. The molecule has 37 heavy (non-hydrogen) atoms. The lowest BCUT2D eigenvalue weighted by Crippen LogP contribution is -2.58. The number of aromatic amines is 1. The van der Waals surface area contributed by atoms with Crippen LogP contribution in [-0.4, -0.2) is 81.7 Å². The molecule has 0 aliphatic rings. The van der Waals surface area contributed by atoms with Crippen molar-refractivity contribution in [1.82, 2.24) is 20.9 Å². The number of nitrogens with two attached hydrogens (primary N) is 1. The number of rotatable bonds is 15. The Bertz CT molecular complexity index is 1080. The molecule has 0 fully saturated rings. The van der Waals surface area contributed by atoms with E-state index in [1.807, 2.05) is 37.4 Å². The van der Waals surface area contributed by atoms with E-state index in [-0.39, 0.29) is 18.8 Å². The Morgan fingerprint density at radius 2 is 1.65 bits per heavy atom. The third kappa shape index (κ3) is 8.48. The van der Waals surface area contributed by atoms with Crippen LogP contribution in [0.1, 0.15) is 32.3 Å². The second-order valence-electron chi connectivity index (χ2n) is 8.96. The summed E-state index contributed by atoms with van der Waals surface area (Å²) in [5.74, 6) is -2.86. The van der Waals surface area contributed by atoms with Crippen LogP contribution in [-0.2, 0) is 25.6 Å². The lowest BCUT2D eigenvalue weighted by molar-refractivity contribution is -0.142. The van der Waals surface area contributed by atoms with Gasteiger partial charge in [-0.15, -0.1) is 0 Å². The number of hydrogen-bond donors (Lipinski definition) is 7. The largest absolute Gasteiger partial charge is 0.480 e. The van der Waals surface area contributed by atoms with Crippen LogP contribution in [0.25, 0.3) is 10.9 Å². The number of aliphatic hydroxyl groups excluding tert-OH is 1. The summed E-state index contributed by atoms with van der Waals surface area (Å²) in [6.45, 7) is 2.99. The molecule has 11 nitrogen and oxygen atoms in total. The normalized spacial score (nSPS) is 15.3. The van der Waals surface area contributed by atoms with E-state index in [1.54, 1.807) is 13.1 Å². The summed E-state index contributed by atoms with van der Waals surface area (Å²) in [7, 11) is 0. The molecule has 0 radical (unpaired) electrons. The number of hydrogen-bond acceptors (Lipinski definition) is 7. The molecule has 5 atom stereocenters. The molecular weight excluding hydrogens is 498 g/mol. The zero-order valence-electron chi connectivity index (χ0n) is 21.3. The van der Waals surface area contributed by atoms with Crippen molar-refractivity contribution in [2.45, 2.75) is 57.3 Å². The van der Waals surface area contributed by atoms with Gasteiger partial charge in [0.25, 0.3) is 0 Å². The molecule has 2 aromatic rings. The zero-order valence-corrected chi connectivity index (χ0v) is 22.1. The van der Waals surface area contributed by atoms with Crippen LogP contribution in [0, 0.1) is 5.92 Å². The number of benzene rings is 1. The van der Waals surface area contributed by atoms with Gasteiger partial charge in [0.2, 0.25) is 17.7 Å². The number of carboxylic acids is 1. The smallest absolute Gasteiger partial charge is 0.326 e. The number of aliphatic hydroxyl groups is 1. The second kappa shape index (κ2) is 14.6. The number of nitrogens with one attached hydrogen (secondary N) is 4. The molecule has 2 rings (SSSR count). The quantitative estimate of drug-likeness (QED) is 0.170. The summed E-state index contributed by atoms with van der Waals surface area (Å²) in [5, 5.41) is 27.8. The van der Waals surface area contributed by atoms with Gasteiger partial charge in [0, 0.05) is 23.5 Å². The van der Waals surface area contributed by atoms with Crippen molar-refractivity contribution in [3.63, 3.8) is 0 Å². The first-order valence-electron chi connectivity index (χ1n) is 12.2. The van der Waals surface area contributed by atoms with Gasteiger partial charge in [-0.05, 0) is 36.0 Å². The van der Waals surface area contributed by atoms with Crippen molar-refractivity contribution < 1.29 is 29.4 Å². The summed E-state index contributed by atoms with van der Waals surface area (Å²) >= 11 is 1.45. The number of carbonyl (C=O) groups is 4. The molecule has 8 N–H and O–H groups in total. The fourth-order valence-corrected chi connectivity index (χ4v) is 4.22. The van der Waals surface area contributed by atoms with E-state index in [1.165, 1.54) is 11.8 Å². The van der Waals surface area contributed by atoms with Crippen molar-refractivity contribution in [1.29, 1.82) is 0 Å². The standard InChI is InChI=1S/C25H37N5O6S/c1-4-14(2)21(26)24(34)30-20(13-31)23(33)28-18(9-10-37-3)22(32)29-19(25(35)36)11-15-12-27-17-8-6-5-7-16(15)17/h5-8,12,14,18-21,27,31H,4,9-11,13,26H2,1-3H3,(H,28,33)(H,29,32)(H,30,34)(H,35,36). The third-order valence-electron chi connectivity index (χ3n) is 6.33. The summed E-state index contributed by atoms with van der Waals surface area (Å²) in [5.41, 5.74) is 7.49. The molecule has 1 aromatic heterocycles. The molecule has 3 amide bonds. The average Bonchev–Trinajstić information content (AvgIpc) is 3.30. The molecule has 12 heteroatoms. The highest BCUT2D eigenvalue weighted by Crippen LogP contribution is 2.19. The fraction of sp³-hybridized carbons (Fsp3) is 0.520. The molecule has 0 aliphatic carbocycles. The predicted molar refractivity (Wildman–Crippen MR) is 143 cm³/mol. The Morgan fingerprint density at radius 1 is 1.03 bits per heavy atom. The number of aliphatic carboxylic acids is 1. The SMILES string of the molecule is CCC(C)C(N)C(=O)NC(CO)C(=O)NC(CCSC)C(=O)NC(Cc1c[nH]c2ccccc12)C(=O)O. The number of carbonyl (C=O) groups excluding carboxylic acids is 3. The van der Waals surface area contributed by atoms with Crippen LogP contribution in [0.15, 0.2) is 30.5 Å². The molecule has 0 saturated heterocycles. The van der Waals surface area contributed by atoms with Crippen LogP contribution in [0.2, 0.25) is 0 Å². The van der Waals surface area contributed by atoms with Gasteiger partial charge in [-0.1, -0.05) is 38.5 Å². The van der Waals surface area contributed by atoms with Crippen LogP contribution in [0.4, 0.5) is 0 Å². The minimum absolute atomic E-state index is 0.0388. The molecule has 0 spiro atoms. The predicted octanol–water partition coefficient (Wildman–Crippen LogP) is 0.368. The number of fused-ring (bicyclic) bond motifs is 1. The van der Waals surface area contributed by atoms with Crippen molar-refractivity contribution >= 4 is 46.4 Å². The van der Waals surface area contributed by atoms with E-state index < -0.39 is 54.5 Å². The Labute approximate surface area is 220 Å². The molecule has 0 saturated carbocycles. The lowest BCUT2D eigenvalue weighted by Gasteiger charge is -2.25. The lowest BCUT2D eigenvalue weighted by atomic mass is 9.99. The summed E-state index contributed by atoms with van der Waals surface area (Å²) < 4.78 is 0. The first-order valence-corrected chi connectivity index (χ1v) is 13.6. The Hall–Kier alpha value is -3.09. The highest BCUT2D eigenvalue weighted by atomic mass is 32.2. The van der Waals surface area contributed by atoms with E-state index in [2.05, 4.69) is 20.9 Å². The van der Waals surface area contributed by atoms with E-state index in [9.17, 15) is 29.4 Å². The maximum Gasteiger partial charge on any atom is 0.326 e. The number of H-pyrrole nitrogens is 1. The fourth-order valence-electron chi connectivity index (χ4n) is 3.74. The molecule has 5 unspecified atom stereocenters. The molecule has 0 aliphatic heterocycles. The Kier molecular flexibility index (Phi) is 11.9. The molecular formula is C25H37N5O6S. The molecule has 0 bridgehead atoms. The van der Waals surface area contributed by atoms with Crippen LogP contribution >= 0.6 is 11.8 Å². The minimum Gasteiger partial charge on any atom is -0.480 e. The molecule has 1 heterocycles. The maximum atomic E-state index is 13.1. The van der Waals surface area contributed by atoms with Gasteiger partial charge in [0.15, 0.2) is 0 Å². The van der Waals surface area contributed by atoms with Gasteiger partial charge in [0.05, 0.1) is 12.6 Å². The topological polar surface area (TPSA) is 187 Å². The van der Waals surface area contributed by atoms with Crippen LogP contribution in [0.3, 0.4) is 0 Å². The van der Waals surface area contributed by atoms with Crippen molar-refractivity contribution in [3.05, 3.63) is 36.0 Å². The first kappa shape index (κ1) is 30.1. The Balaban J connectivity index is 2.11. The van der Waals surface area contributed by atoms with E-state index in [0.717, 1.165) is 16.5 Å². The number of aromatic nitrogens is 1. The monoisotopic (exact) mass is 535 g/mol. The van der Waals surface area contributed by atoms with Gasteiger partial charge < -0.3 is 36.9 Å². The van der Waals surface area contributed by atoms with Crippen molar-refractivity contribution in [3.8, 4) is 0 Å². The van der Waals surface area contributed by atoms with E-state index in [0.29, 0.717) is 12.2 Å². The summed E-state index contributed by atoms with van der Waals surface area (Å²) in [6.07, 6.45) is 4.46. The van der Waals surface area contributed by atoms with Crippen LogP contribution < -0.4 is 21.7 Å². The number of para-hydroxylation sites is 1. The van der Waals surface area contributed by atoms with Gasteiger partial charge in [0.1, 0.15) is 18.1 Å². The summed E-state index contributed by atoms with van der Waals surface area (Å²) in [4.78, 5) is 53.4. The van der Waals surface area contributed by atoms with Gasteiger partial charge >= 0.3 is 5.97 Å². The number of amides is 3. The van der Waals surface area contributed by atoms with Crippen molar-refractivity contribution in [2.24, 2.45) is 11.7 Å².